The Kier molecular flexibility index (Phi) is 12.2. The van der Waals surface area contributed by atoms with E-state index in [1.165, 1.54) is 41.8 Å². The number of carbonyl (C=O) groups excluding carboxylic acids is 1. The highest BCUT2D eigenvalue weighted by molar-refractivity contribution is 6.33. The Hall–Kier alpha value is -2.59. The van der Waals surface area contributed by atoms with E-state index < -0.39 is 0 Å². The number of hydrogen-bond acceptors (Lipinski definition) is 2. The van der Waals surface area contributed by atoms with Crippen molar-refractivity contribution in [3.63, 3.8) is 0 Å². The Balaban J connectivity index is 0.000000583. The summed E-state index contributed by atoms with van der Waals surface area (Å²) in [6.07, 6.45) is 9.81. The van der Waals surface area contributed by atoms with Crippen LogP contribution >= 0.6 is 11.6 Å². The van der Waals surface area contributed by atoms with Crippen LogP contribution in [0.15, 0.2) is 49.2 Å². The van der Waals surface area contributed by atoms with Crippen molar-refractivity contribution in [1.29, 1.82) is 0 Å². The number of fused-ring (bicyclic) bond motifs is 1. The molecule has 3 nitrogen and oxygen atoms in total. The lowest BCUT2D eigenvalue weighted by molar-refractivity contribution is -0.106. The lowest BCUT2D eigenvalue weighted by atomic mass is 9.89. The molecule has 1 aliphatic rings. The second-order valence-electron chi connectivity index (χ2n) is 9.41. The van der Waals surface area contributed by atoms with Crippen LogP contribution in [0.4, 0.5) is 4.39 Å². The van der Waals surface area contributed by atoms with Gasteiger partial charge in [-0.1, -0.05) is 63.9 Å². The number of nitrogens with zero attached hydrogens (tertiary/aromatic N) is 2. The van der Waals surface area contributed by atoms with Gasteiger partial charge in [-0.2, -0.15) is 0 Å². The fraction of sp³-hybridized carbons (Fsp3) is 0.452. The zero-order valence-corrected chi connectivity index (χ0v) is 23.4. The van der Waals surface area contributed by atoms with Crippen LogP contribution in [0, 0.1) is 11.7 Å². The average Bonchev–Trinajstić information content (AvgIpc) is 3.20. The molecular formula is C31H42ClFN2O. The molecule has 2 heterocycles. The maximum atomic E-state index is 13.1. The van der Waals surface area contributed by atoms with Crippen molar-refractivity contribution in [2.45, 2.75) is 66.2 Å². The Morgan fingerprint density at radius 3 is 2.22 bits per heavy atom. The van der Waals surface area contributed by atoms with Gasteiger partial charge >= 0.3 is 0 Å². The van der Waals surface area contributed by atoms with Gasteiger partial charge in [0.15, 0.2) is 0 Å². The topological polar surface area (TPSA) is 25.2 Å². The van der Waals surface area contributed by atoms with Crippen molar-refractivity contribution < 1.29 is 9.18 Å². The molecule has 2 aromatic carbocycles. The van der Waals surface area contributed by atoms with Gasteiger partial charge in [-0.3, -0.25) is 0 Å². The largest absolute Gasteiger partial charge is 0.371 e. The van der Waals surface area contributed by atoms with Crippen molar-refractivity contribution in [1.82, 2.24) is 9.47 Å². The highest BCUT2D eigenvalue weighted by Crippen LogP contribution is 2.34. The van der Waals surface area contributed by atoms with Crippen LogP contribution in [0.1, 0.15) is 70.1 Å². The molecular weight excluding hydrogens is 471 g/mol. The molecule has 0 bridgehead atoms. The van der Waals surface area contributed by atoms with E-state index in [-0.39, 0.29) is 5.82 Å². The van der Waals surface area contributed by atoms with Crippen LogP contribution in [-0.4, -0.2) is 28.8 Å². The lowest BCUT2D eigenvalue weighted by Crippen LogP contribution is -2.33. The third-order valence-electron chi connectivity index (χ3n) is 6.79. The summed E-state index contributed by atoms with van der Waals surface area (Å²) in [5, 5.41) is 2.03. The summed E-state index contributed by atoms with van der Waals surface area (Å²) in [5.41, 5.74) is 5.78. The first-order valence-corrected chi connectivity index (χ1v) is 13.5. The fourth-order valence-electron chi connectivity index (χ4n) is 4.52. The van der Waals surface area contributed by atoms with E-state index in [1.807, 2.05) is 12.1 Å². The van der Waals surface area contributed by atoms with Crippen molar-refractivity contribution >= 4 is 34.5 Å². The van der Waals surface area contributed by atoms with Gasteiger partial charge in [-0.05, 0) is 73.9 Å². The van der Waals surface area contributed by atoms with Gasteiger partial charge in [0.05, 0.1) is 5.02 Å². The molecule has 196 valence electrons. The molecule has 0 N–H and O–H groups in total. The van der Waals surface area contributed by atoms with Crippen molar-refractivity contribution in [2.75, 3.05) is 13.1 Å². The zero-order chi connectivity index (χ0) is 26.7. The summed E-state index contributed by atoms with van der Waals surface area (Å²) >= 11 is 6.66. The Labute approximate surface area is 221 Å². The first-order valence-electron chi connectivity index (χ1n) is 13.1. The Morgan fingerprint density at radius 2 is 1.69 bits per heavy atom. The molecule has 0 spiro atoms. The number of rotatable bonds is 6. The van der Waals surface area contributed by atoms with Crippen molar-refractivity contribution in [3.05, 3.63) is 76.7 Å². The summed E-state index contributed by atoms with van der Waals surface area (Å²) < 4.78 is 15.3. The number of benzene rings is 2. The Morgan fingerprint density at radius 1 is 1.11 bits per heavy atom. The molecule has 1 fully saturated rings. The highest BCUT2D eigenvalue weighted by Gasteiger charge is 2.22. The predicted octanol–water partition coefficient (Wildman–Crippen LogP) is 8.47. The predicted molar refractivity (Wildman–Crippen MR) is 153 cm³/mol. The van der Waals surface area contributed by atoms with Gasteiger partial charge in [0, 0.05) is 48.5 Å². The third-order valence-corrected chi connectivity index (χ3v) is 7.10. The molecule has 1 saturated heterocycles. The molecule has 0 saturated carbocycles. The molecule has 1 aliphatic heterocycles. The molecule has 0 unspecified atom stereocenters. The van der Waals surface area contributed by atoms with E-state index in [0.717, 1.165) is 61.3 Å². The van der Waals surface area contributed by atoms with Gasteiger partial charge in [0.1, 0.15) is 12.1 Å². The number of piperidine rings is 1. The minimum atomic E-state index is -0.168. The molecule has 0 radical (unpaired) electrons. The van der Waals surface area contributed by atoms with Gasteiger partial charge in [0.25, 0.3) is 0 Å². The van der Waals surface area contributed by atoms with Gasteiger partial charge < -0.3 is 14.3 Å². The minimum Gasteiger partial charge on any atom is -0.371 e. The van der Waals surface area contributed by atoms with Crippen molar-refractivity contribution in [2.24, 2.45) is 13.0 Å². The van der Waals surface area contributed by atoms with Gasteiger partial charge in [-0.25, -0.2) is 4.39 Å². The highest BCUT2D eigenvalue weighted by atomic mass is 35.5. The quantitative estimate of drug-likeness (QED) is 0.309. The molecule has 5 heteroatoms. The number of aromatic nitrogens is 1. The molecule has 1 aromatic heterocycles. The van der Waals surface area contributed by atoms with Crippen LogP contribution in [0.5, 0.6) is 0 Å². The number of halogens is 2. The first kappa shape index (κ1) is 29.6. The normalized spacial score (nSPS) is 13.5. The van der Waals surface area contributed by atoms with E-state index >= 15 is 0 Å². The summed E-state index contributed by atoms with van der Waals surface area (Å²) in [4.78, 5) is 11.2. The summed E-state index contributed by atoms with van der Waals surface area (Å²) in [6, 6.07) is 11.2. The van der Waals surface area contributed by atoms with Crippen LogP contribution in [-0.2, 0) is 24.7 Å². The number of aryl methyl sites for hydroxylation is 2. The monoisotopic (exact) mass is 512 g/mol. The second kappa shape index (κ2) is 14.8. The number of hydrogen-bond donors (Lipinski definition) is 0. The number of likely N-dealkylation sites (tertiary alicyclic amines) is 1. The average molecular weight is 513 g/mol. The number of unbranched alkanes of at least 4 members (excludes halogenated alkanes) is 1. The maximum Gasteiger partial charge on any atom is 0.123 e. The zero-order valence-electron chi connectivity index (χ0n) is 22.6. The fourth-order valence-corrected chi connectivity index (χ4v) is 4.79. The van der Waals surface area contributed by atoms with Gasteiger partial charge in [-0.15, -0.1) is 0 Å². The van der Waals surface area contributed by atoms with Gasteiger partial charge in [0.2, 0.25) is 0 Å². The minimum absolute atomic E-state index is 0.168. The summed E-state index contributed by atoms with van der Waals surface area (Å²) in [6.45, 7) is 14.3. The van der Waals surface area contributed by atoms with Crippen LogP contribution < -0.4 is 0 Å². The maximum absolute atomic E-state index is 13.1. The summed E-state index contributed by atoms with van der Waals surface area (Å²) in [5.74, 6) is 0.460. The molecule has 0 aliphatic carbocycles. The standard InChI is InChI=1S/C25H28ClFN2.C4H10.C2H4O/c1-4-20-16-28(3)25-15-24(26)22(14-23(20)25)17(2)29-11-9-19(10-12-29)13-18-5-7-21(27)8-6-18;1-3-4-2;1-2-3/h5-8,14-16,19H,2,4,9-13H2,1,3H3;3-4H2,1-2H3;2H,1H3. The van der Waals surface area contributed by atoms with E-state index in [2.05, 4.69) is 62.2 Å². The van der Waals surface area contributed by atoms with E-state index in [4.69, 9.17) is 16.4 Å². The van der Waals surface area contributed by atoms with Crippen LogP contribution in [0.3, 0.4) is 0 Å². The molecule has 4 rings (SSSR count). The van der Waals surface area contributed by atoms with E-state index in [9.17, 15) is 4.39 Å². The summed E-state index contributed by atoms with van der Waals surface area (Å²) in [7, 11) is 2.07. The van der Waals surface area contributed by atoms with Crippen LogP contribution in [0.2, 0.25) is 5.02 Å². The third kappa shape index (κ3) is 7.96. The molecule has 0 atom stereocenters. The van der Waals surface area contributed by atoms with Crippen molar-refractivity contribution in [3.8, 4) is 0 Å². The van der Waals surface area contributed by atoms with E-state index in [0.29, 0.717) is 5.92 Å². The Bertz CT molecular complexity index is 1110. The number of carbonyl (C=O) groups is 1. The smallest absolute Gasteiger partial charge is 0.123 e. The van der Waals surface area contributed by atoms with Crippen LogP contribution in [0.25, 0.3) is 16.6 Å². The second-order valence-corrected chi connectivity index (χ2v) is 9.82. The molecule has 0 amide bonds. The lowest BCUT2D eigenvalue weighted by Gasteiger charge is -2.35. The first-order chi connectivity index (χ1) is 17.3. The molecule has 3 aromatic rings. The van der Waals surface area contributed by atoms with E-state index in [1.54, 1.807) is 12.1 Å². The SMILES string of the molecule is C=C(c1cc2c(CC)cn(C)c2cc1Cl)N1CCC(Cc2ccc(F)cc2)CC1.CC=O.CCCC. The molecule has 36 heavy (non-hydrogen) atoms. The number of aldehydes is 1.